The Morgan fingerprint density at radius 2 is 1.71 bits per heavy atom. The van der Waals surface area contributed by atoms with Gasteiger partial charge in [-0.1, -0.05) is 53.7 Å². The first-order chi connectivity index (χ1) is 16.5. The van der Waals surface area contributed by atoms with Gasteiger partial charge >= 0.3 is 0 Å². The van der Waals surface area contributed by atoms with Crippen LogP contribution in [0.25, 0.3) is 11.5 Å². The molecule has 4 aromatic rings. The van der Waals surface area contributed by atoms with Crippen LogP contribution in [0.4, 0.5) is 10.1 Å². The van der Waals surface area contributed by atoms with Crippen LogP contribution in [0.2, 0.25) is 0 Å². The largest absolute Gasteiger partial charge is 0.411 e. The summed E-state index contributed by atoms with van der Waals surface area (Å²) in [6.45, 7) is 2.38. The van der Waals surface area contributed by atoms with Gasteiger partial charge in [-0.2, -0.15) is 0 Å². The molecule has 0 bridgehead atoms. The van der Waals surface area contributed by atoms with Crippen molar-refractivity contribution in [2.45, 2.75) is 18.7 Å². The van der Waals surface area contributed by atoms with Gasteiger partial charge in [-0.05, 0) is 48.9 Å². The zero-order valence-electron chi connectivity index (χ0n) is 18.2. The van der Waals surface area contributed by atoms with E-state index in [0.29, 0.717) is 23.4 Å². The summed E-state index contributed by atoms with van der Waals surface area (Å²) in [6, 6.07) is 20.4. The highest BCUT2D eigenvalue weighted by atomic mass is 32.2. The summed E-state index contributed by atoms with van der Waals surface area (Å²) in [7, 11) is 0. The van der Waals surface area contributed by atoms with Crippen molar-refractivity contribution in [3.8, 4) is 11.5 Å². The topological polar surface area (TPSA) is 97.1 Å². The molecule has 0 spiro atoms. The Balaban J connectivity index is 1.33. The van der Waals surface area contributed by atoms with E-state index < -0.39 is 0 Å². The molecule has 0 atom stereocenters. The maximum absolute atomic E-state index is 13.1. The van der Waals surface area contributed by atoms with E-state index in [0.717, 1.165) is 22.9 Å². The molecule has 2 amide bonds. The molecule has 3 aromatic carbocycles. The molecule has 4 rings (SSSR count). The van der Waals surface area contributed by atoms with Gasteiger partial charge in [0.2, 0.25) is 11.8 Å². The second kappa shape index (κ2) is 10.8. The summed E-state index contributed by atoms with van der Waals surface area (Å²) in [5, 5.41) is 13.7. The molecule has 34 heavy (non-hydrogen) atoms. The molecule has 0 aliphatic heterocycles. The predicted molar refractivity (Wildman–Crippen MR) is 128 cm³/mol. The molecular formula is C25H21FN4O3S. The number of anilines is 1. The standard InChI is InChI=1S/C25H21FN4O3S/c1-16-6-8-17(9-7-16)14-27-23(32)20-4-2-3-5-21(20)28-22(31)15-34-25-30-29-24(33-25)18-10-12-19(26)13-11-18/h2-13H,14-15H2,1H3,(H,27,32)(H,28,31). The minimum absolute atomic E-state index is 0.00434. The van der Waals surface area contributed by atoms with Crippen LogP contribution in [-0.2, 0) is 11.3 Å². The first-order valence-electron chi connectivity index (χ1n) is 10.4. The molecule has 1 aromatic heterocycles. The molecule has 1 heterocycles. The quantitative estimate of drug-likeness (QED) is 0.353. The van der Waals surface area contributed by atoms with E-state index in [4.69, 9.17) is 4.42 Å². The lowest BCUT2D eigenvalue weighted by molar-refractivity contribution is -0.113. The molecule has 0 radical (unpaired) electrons. The summed E-state index contributed by atoms with van der Waals surface area (Å²) >= 11 is 1.06. The molecule has 0 fully saturated rings. The van der Waals surface area contributed by atoms with Crippen molar-refractivity contribution >= 4 is 29.3 Å². The number of carbonyl (C=O) groups excluding carboxylic acids is 2. The van der Waals surface area contributed by atoms with Gasteiger partial charge in [0.05, 0.1) is 17.0 Å². The molecule has 172 valence electrons. The minimum Gasteiger partial charge on any atom is -0.411 e. The first kappa shape index (κ1) is 23.2. The van der Waals surface area contributed by atoms with Crippen molar-refractivity contribution < 1.29 is 18.4 Å². The highest BCUT2D eigenvalue weighted by Gasteiger charge is 2.15. The predicted octanol–water partition coefficient (Wildman–Crippen LogP) is 4.84. The summed E-state index contributed by atoms with van der Waals surface area (Å²) in [5.41, 5.74) is 3.48. The number of carbonyl (C=O) groups is 2. The monoisotopic (exact) mass is 476 g/mol. The summed E-state index contributed by atoms with van der Waals surface area (Å²) < 4.78 is 18.6. The number of halogens is 1. The van der Waals surface area contributed by atoms with Gasteiger partial charge in [0.25, 0.3) is 11.1 Å². The van der Waals surface area contributed by atoms with Crippen LogP contribution in [0.5, 0.6) is 0 Å². The molecule has 0 aliphatic carbocycles. The van der Waals surface area contributed by atoms with Crippen molar-refractivity contribution in [1.29, 1.82) is 0 Å². The van der Waals surface area contributed by atoms with E-state index in [9.17, 15) is 14.0 Å². The lowest BCUT2D eigenvalue weighted by Crippen LogP contribution is -2.25. The number of hydrogen-bond donors (Lipinski definition) is 2. The van der Waals surface area contributed by atoms with Gasteiger partial charge < -0.3 is 15.1 Å². The number of para-hydroxylation sites is 1. The van der Waals surface area contributed by atoms with Crippen molar-refractivity contribution in [1.82, 2.24) is 15.5 Å². The van der Waals surface area contributed by atoms with E-state index in [1.807, 2.05) is 31.2 Å². The van der Waals surface area contributed by atoms with Gasteiger partial charge in [-0.3, -0.25) is 9.59 Å². The fraction of sp³-hybridized carbons (Fsp3) is 0.120. The Morgan fingerprint density at radius 3 is 2.47 bits per heavy atom. The molecule has 0 aliphatic rings. The number of hydrogen-bond acceptors (Lipinski definition) is 6. The zero-order chi connectivity index (χ0) is 23.9. The summed E-state index contributed by atoms with van der Waals surface area (Å²) in [5.74, 6) is -0.739. The Hall–Kier alpha value is -3.98. The van der Waals surface area contributed by atoms with Crippen molar-refractivity contribution in [3.63, 3.8) is 0 Å². The van der Waals surface area contributed by atoms with E-state index in [1.54, 1.807) is 24.3 Å². The van der Waals surface area contributed by atoms with Crippen molar-refractivity contribution in [2.75, 3.05) is 11.1 Å². The number of benzene rings is 3. The number of aryl methyl sites for hydroxylation is 1. The van der Waals surface area contributed by atoms with Crippen LogP contribution in [0.15, 0.2) is 82.4 Å². The molecule has 7 nitrogen and oxygen atoms in total. The van der Waals surface area contributed by atoms with Crippen LogP contribution in [0, 0.1) is 12.7 Å². The van der Waals surface area contributed by atoms with Crippen molar-refractivity contribution in [3.05, 3.63) is 95.3 Å². The fourth-order valence-electron chi connectivity index (χ4n) is 3.06. The molecule has 9 heteroatoms. The third-order valence-corrected chi connectivity index (χ3v) is 5.66. The number of thioether (sulfide) groups is 1. The number of nitrogens with one attached hydrogen (secondary N) is 2. The van der Waals surface area contributed by atoms with Gasteiger partial charge in [-0.25, -0.2) is 4.39 Å². The van der Waals surface area contributed by atoms with Crippen LogP contribution >= 0.6 is 11.8 Å². The lowest BCUT2D eigenvalue weighted by atomic mass is 10.1. The Bertz CT molecular complexity index is 1290. The van der Waals surface area contributed by atoms with Crippen LogP contribution in [0.1, 0.15) is 21.5 Å². The highest BCUT2D eigenvalue weighted by molar-refractivity contribution is 7.99. The van der Waals surface area contributed by atoms with E-state index in [1.165, 1.54) is 24.3 Å². The van der Waals surface area contributed by atoms with E-state index in [2.05, 4.69) is 20.8 Å². The van der Waals surface area contributed by atoms with Gasteiger partial charge in [0.1, 0.15) is 5.82 Å². The van der Waals surface area contributed by atoms with Crippen LogP contribution < -0.4 is 10.6 Å². The third-order valence-electron chi connectivity index (χ3n) is 4.84. The number of amides is 2. The van der Waals surface area contributed by atoms with E-state index in [-0.39, 0.29) is 34.5 Å². The third kappa shape index (κ3) is 6.08. The highest BCUT2D eigenvalue weighted by Crippen LogP contribution is 2.24. The van der Waals surface area contributed by atoms with Gasteiger partial charge in [0.15, 0.2) is 0 Å². The number of aromatic nitrogens is 2. The van der Waals surface area contributed by atoms with E-state index >= 15 is 0 Å². The maximum atomic E-state index is 13.1. The Morgan fingerprint density at radius 1 is 0.971 bits per heavy atom. The summed E-state index contributed by atoms with van der Waals surface area (Å²) in [4.78, 5) is 25.2. The molecule has 0 saturated carbocycles. The number of nitrogens with zero attached hydrogens (tertiary/aromatic N) is 2. The average Bonchev–Trinajstić information content (AvgIpc) is 3.32. The number of rotatable bonds is 8. The Kier molecular flexibility index (Phi) is 7.34. The second-order valence-corrected chi connectivity index (χ2v) is 8.36. The van der Waals surface area contributed by atoms with Crippen LogP contribution in [-0.4, -0.2) is 27.8 Å². The van der Waals surface area contributed by atoms with Gasteiger partial charge in [-0.15, -0.1) is 10.2 Å². The van der Waals surface area contributed by atoms with Gasteiger partial charge in [0, 0.05) is 12.1 Å². The maximum Gasteiger partial charge on any atom is 0.277 e. The summed E-state index contributed by atoms with van der Waals surface area (Å²) in [6.07, 6.45) is 0. The fourth-order valence-corrected chi connectivity index (χ4v) is 3.63. The minimum atomic E-state index is -0.362. The second-order valence-electron chi connectivity index (χ2n) is 7.43. The first-order valence-corrected chi connectivity index (χ1v) is 11.4. The molecular weight excluding hydrogens is 455 g/mol. The Labute approximate surface area is 199 Å². The molecule has 0 saturated heterocycles. The normalized spacial score (nSPS) is 10.6. The molecule has 0 unspecified atom stereocenters. The van der Waals surface area contributed by atoms with Crippen molar-refractivity contribution in [2.24, 2.45) is 0 Å². The SMILES string of the molecule is Cc1ccc(CNC(=O)c2ccccc2NC(=O)CSc2nnc(-c3ccc(F)cc3)o2)cc1. The lowest BCUT2D eigenvalue weighted by Gasteiger charge is -2.11. The molecule has 2 N–H and O–H groups in total. The average molecular weight is 477 g/mol. The van der Waals surface area contributed by atoms with Crippen LogP contribution in [0.3, 0.4) is 0 Å². The smallest absolute Gasteiger partial charge is 0.277 e. The zero-order valence-corrected chi connectivity index (χ0v) is 19.1.